The van der Waals surface area contributed by atoms with E-state index in [0.717, 1.165) is 24.7 Å². The van der Waals surface area contributed by atoms with E-state index in [1.807, 2.05) is 66.7 Å². The number of aliphatic imine (C=N–C) groups is 1. The Labute approximate surface area is 202 Å². The quantitative estimate of drug-likeness (QED) is 0.201. The molecule has 0 atom stereocenters. The average molecular weight is 590 g/mol. The highest BCUT2D eigenvalue weighted by atomic mass is 127. The van der Waals surface area contributed by atoms with E-state index in [9.17, 15) is 4.79 Å². The zero-order chi connectivity index (χ0) is 21.8. The second-order valence-electron chi connectivity index (χ2n) is 6.65. The minimum Gasteiger partial charge on any atom is -0.493 e. The van der Waals surface area contributed by atoms with Crippen molar-refractivity contribution in [3.8, 4) is 11.5 Å². The van der Waals surface area contributed by atoms with Gasteiger partial charge in [-0.1, -0.05) is 46.3 Å². The van der Waals surface area contributed by atoms with Gasteiger partial charge in [0.2, 0.25) is 5.90 Å². The van der Waals surface area contributed by atoms with Crippen molar-refractivity contribution in [2.45, 2.75) is 6.61 Å². The molecule has 0 N–H and O–H groups in total. The van der Waals surface area contributed by atoms with Gasteiger partial charge in [0.25, 0.3) is 0 Å². The minimum absolute atomic E-state index is 0.230. The molecule has 156 valence electrons. The molecule has 0 amide bonds. The third-order valence-electron chi connectivity index (χ3n) is 4.49. The summed E-state index contributed by atoms with van der Waals surface area (Å²) in [6.45, 7) is 0.431. The number of cyclic esters (lactones) is 1. The van der Waals surface area contributed by atoms with Crippen LogP contribution in [0.1, 0.15) is 16.7 Å². The fourth-order valence-corrected chi connectivity index (χ4v) is 4.02. The maximum Gasteiger partial charge on any atom is 0.363 e. The molecule has 5 nitrogen and oxygen atoms in total. The number of halogens is 2. The SMILES string of the molecule is COc1cc(/C=C2\N=C(c3ccc(Br)cc3)OC2=O)cc(I)c1OCc1ccccc1. The Kier molecular flexibility index (Phi) is 6.72. The first kappa shape index (κ1) is 21.6. The van der Waals surface area contributed by atoms with Crippen LogP contribution in [0.2, 0.25) is 0 Å². The van der Waals surface area contributed by atoms with Crippen LogP contribution in [0.25, 0.3) is 6.08 Å². The lowest BCUT2D eigenvalue weighted by molar-refractivity contribution is -0.129. The van der Waals surface area contributed by atoms with E-state index < -0.39 is 5.97 Å². The Morgan fingerprint density at radius 2 is 1.84 bits per heavy atom. The molecule has 0 radical (unpaired) electrons. The summed E-state index contributed by atoms with van der Waals surface area (Å²) in [6.07, 6.45) is 1.68. The summed E-state index contributed by atoms with van der Waals surface area (Å²) in [5.74, 6) is 1.03. The zero-order valence-electron chi connectivity index (χ0n) is 16.5. The van der Waals surface area contributed by atoms with Crippen LogP contribution in [0.3, 0.4) is 0 Å². The van der Waals surface area contributed by atoms with Crippen LogP contribution >= 0.6 is 38.5 Å². The first-order valence-corrected chi connectivity index (χ1v) is 11.2. The van der Waals surface area contributed by atoms with Crippen LogP contribution in [0, 0.1) is 3.57 Å². The van der Waals surface area contributed by atoms with Crippen molar-refractivity contribution < 1.29 is 19.0 Å². The molecule has 0 aromatic heterocycles. The molecule has 1 aliphatic heterocycles. The van der Waals surface area contributed by atoms with Crippen molar-refractivity contribution in [3.63, 3.8) is 0 Å². The van der Waals surface area contributed by atoms with E-state index in [4.69, 9.17) is 14.2 Å². The first-order valence-electron chi connectivity index (χ1n) is 9.36. The van der Waals surface area contributed by atoms with Gasteiger partial charge in [0.15, 0.2) is 17.2 Å². The summed E-state index contributed by atoms with van der Waals surface area (Å²) >= 11 is 5.59. The van der Waals surface area contributed by atoms with Crippen LogP contribution in [0.15, 0.2) is 81.9 Å². The molecule has 0 spiro atoms. The molecule has 3 aromatic carbocycles. The first-order chi connectivity index (χ1) is 15.0. The number of ether oxygens (including phenoxy) is 3. The topological polar surface area (TPSA) is 57.1 Å². The number of hydrogen-bond donors (Lipinski definition) is 0. The molecule has 0 saturated carbocycles. The molecule has 1 aliphatic rings. The fraction of sp³-hybridized carbons (Fsp3) is 0.0833. The van der Waals surface area contributed by atoms with Gasteiger partial charge in [-0.2, -0.15) is 0 Å². The van der Waals surface area contributed by atoms with Gasteiger partial charge in [-0.25, -0.2) is 9.79 Å². The minimum atomic E-state index is -0.490. The van der Waals surface area contributed by atoms with Gasteiger partial charge in [-0.3, -0.25) is 0 Å². The highest BCUT2D eigenvalue weighted by molar-refractivity contribution is 14.1. The number of carbonyl (C=O) groups excluding carboxylic acids is 1. The molecule has 0 saturated heterocycles. The van der Waals surface area contributed by atoms with Crippen LogP contribution < -0.4 is 9.47 Å². The van der Waals surface area contributed by atoms with Crippen molar-refractivity contribution in [1.29, 1.82) is 0 Å². The van der Waals surface area contributed by atoms with E-state index in [1.54, 1.807) is 13.2 Å². The lowest BCUT2D eigenvalue weighted by Crippen LogP contribution is -2.05. The Bertz CT molecular complexity index is 1170. The molecular weight excluding hydrogens is 573 g/mol. The van der Waals surface area contributed by atoms with E-state index in [2.05, 4.69) is 43.5 Å². The van der Waals surface area contributed by atoms with Crippen molar-refractivity contribution >= 4 is 56.5 Å². The number of carbonyl (C=O) groups is 1. The Hall–Kier alpha value is -2.65. The lowest BCUT2D eigenvalue weighted by Gasteiger charge is -2.13. The van der Waals surface area contributed by atoms with E-state index >= 15 is 0 Å². The van der Waals surface area contributed by atoms with E-state index in [1.165, 1.54) is 0 Å². The molecule has 1 heterocycles. The number of rotatable bonds is 6. The van der Waals surface area contributed by atoms with E-state index in [-0.39, 0.29) is 11.6 Å². The molecule has 0 unspecified atom stereocenters. The average Bonchev–Trinajstić information content (AvgIpc) is 3.14. The predicted molar refractivity (Wildman–Crippen MR) is 131 cm³/mol. The van der Waals surface area contributed by atoms with Gasteiger partial charge in [-0.15, -0.1) is 0 Å². The van der Waals surface area contributed by atoms with Crippen LogP contribution in [-0.4, -0.2) is 19.0 Å². The standard InChI is InChI=1S/C24H17BrINO4/c1-29-21-13-16(11-19(26)22(21)30-14-15-5-3-2-4-6-15)12-20-24(28)31-23(27-20)17-7-9-18(25)10-8-17/h2-13H,14H2,1H3/b20-12-. The van der Waals surface area contributed by atoms with Gasteiger partial charge in [0, 0.05) is 10.0 Å². The number of nitrogens with zero attached hydrogens (tertiary/aromatic N) is 1. The lowest BCUT2D eigenvalue weighted by atomic mass is 10.1. The van der Waals surface area contributed by atoms with Crippen molar-refractivity contribution in [3.05, 3.63) is 97.2 Å². The van der Waals surface area contributed by atoms with Crippen molar-refractivity contribution in [1.82, 2.24) is 0 Å². The Balaban J connectivity index is 1.59. The van der Waals surface area contributed by atoms with Gasteiger partial charge in [-0.05, 0) is 76.2 Å². The van der Waals surface area contributed by atoms with Gasteiger partial charge >= 0.3 is 5.97 Å². The summed E-state index contributed by atoms with van der Waals surface area (Å²) in [5.41, 5.74) is 2.79. The van der Waals surface area contributed by atoms with Crippen LogP contribution in [-0.2, 0) is 16.1 Å². The van der Waals surface area contributed by atoms with Gasteiger partial charge < -0.3 is 14.2 Å². The maximum atomic E-state index is 12.3. The molecule has 0 bridgehead atoms. The number of benzene rings is 3. The maximum absolute atomic E-state index is 12.3. The molecule has 4 rings (SSSR count). The summed E-state index contributed by atoms with van der Waals surface area (Å²) in [5, 5.41) is 0. The van der Waals surface area contributed by atoms with Crippen molar-refractivity contribution in [2.24, 2.45) is 4.99 Å². The molecule has 7 heteroatoms. The Morgan fingerprint density at radius 3 is 2.55 bits per heavy atom. The third kappa shape index (κ3) is 5.16. The van der Waals surface area contributed by atoms with Gasteiger partial charge in [0.05, 0.1) is 10.7 Å². The molecule has 0 aliphatic carbocycles. The smallest absolute Gasteiger partial charge is 0.363 e. The van der Waals surface area contributed by atoms with Crippen LogP contribution in [0.5, 0.6) is 11.5 Å². The monoisotopic (exact) mass is 589 g/mol. The highest BCUT2D eigenvalue weighted by Gasteiger charge is 2.24. The predicted octanol–water partition coefficient (Wildman–Crippen LogP) is 5.99. The molecule has 31 heavy (non-hydrogen) atoms. The summed E-state index contributed by atoms with van der Waals surface area (Å²) in [6, 6.07) is 21.1. The van der Waals surface area contributed by atoms with Crippen LogP contribution in [0.4, 0.5) is 0 Å². The summed E-state index contributed by atoms with van der Waals surface area (Å²) in [7, 11) is 1.59. The van der Waals surface area contributed by atoms with Crippen molar-refractivity contribution in [2.75, 3.05) is 7.11 Å². The third-order valence-corrected chi connectivity index (χ3v) is 5.82. The number of esters is 1. The largest absolute Gasteiger partial charge is 0.493 e. The molecular formula is C24H17BrINO4. The second kappa shape index (κ2) is 9.65. The number of hydrogen-bond acceptors (Lipinski definition) is 5. The highest BCUT2D eigenvalue weighted by Crippen LogP contribution is 2.35. The zero-order valence-corrected chi connectivity index (χ0v) is 20.2. The Morgan fingerprint density at radius 1 is 1.10 bits per heavy atom. The fourth-order valence-electron chi connectivity index (χ4n) is 2.98. The van der Waals surface area contributed by atoms with Gasteiger partial charge in [0.1, 0.15) is 6.61 Å². The number of methoxy groups -OCH3 is 1. The molecule has 3 aromatic rings. The summed E-state index contributed by atoms with van der Waals surface area (Å²) < 4.78 is 18.7. The van der Waals surface area contributed by atoms with E-state index in [0.29, 0.717) is 18.1 Å². The molecule has 0 fully saturated rings. The second-order valence-corrected chi connectivity index (χ2v) is 8.73. The summed E-state index contributed by atoms with van der Waals surface area (Å²) in [4.78, 5) is 16.7. The normalized spacial score (nSPS) is 14.4.